The summed E-state index contributed by atoms with van der Waals surface area (Å²) in [6, 6.07) is 5.56. The lowest BCUT2D eigenvalue weighted by Gasteiger charge is -2.34. The number of esters is 1. The standard InChI is InChI=1S/C16H20FN3O4/c1-12(21)24-11-16(23)20-8-6-19(7-9-20)10-15(22)18-14-4-2-13(17)3-5-14/h2-5H,6-11H2,1H3,(H,18,22). The van der Waals surface area contributed by atoms with Gasteiger partial charge in [0.05, 0.1) is 6.54 Å². The lowest BCUT2D eigenvalue weighted by atomic mass is 10.3. The maximum atomic E-state index is 12.8. The highest BCUT2D eigenvalue weighted by atomic mass is 19.1. The number of hydrogen-bond donors (Lipinski definition) is 1. The summed E-state index contributed by atoms with van der Waals surface area (Å²) in [5.74, 6) is -1.27. The Hall–Kier alpha value is -2.48. The van der Waals surface area contributed by atoms with Crippen LogP contribution in [0.3, 0.4) is 0 Å². The molecular weight excluding hydrogens is 317 g/mol. The van der Waals surface area contributed by atoms with E-state index < -0.39 is 5.97 Å². The molecule has 7 nitrogen and oxygen atoms in total. The van der Waals surface area contributed by atoms with Gasteiger partial charge in [-0.3, -0.25) is 19.3 Å². The smallest absolute Gasteiger partial charge is 0.303 e. The molecule has 0 aromatic heterocycles. The number of rotatable bonds is 5. The van der Waals surface area contributed by atoms with Crippen LogP contribution in [0.5, 0.6) is 0 Å². The van der Waals surface area contributed by atoms with Crippen LogP contribution in [0.15, 0.2) is 24.3 Å². The van der Waals surface area contributed by atoms with Gasteiger partial charge in [-0.05, 0) is 24.3 Å². The molecule has 1 saturated heterocycles. The Bertz CT molecular complexity index is 598. The van der Waals surface area contributed by atoms with E-state index in [9.17, 15) is 18.8 Å². The molecule has 1 fully saturated rings. The molecule has 0 unspecified atom stereocenters. The monoisotopic (exact) mass is 337 g/mol. The van der Waals surface area contributed by atoms with Crippen LogP contribution in [0.4, 0.5) is 10.1 Å². The van der Waals surface area contributed by atoms with Crippen LogP contribution in [0.25, 0.3) is 0 Å². The molecule has 130 valence electrons. The summed E-state index contributed by atoms with van der Waals surface area (Å²) in [5.41, 5.74) is 0.539. The van der Waals surface area contributed by atoms with E-state index in [1.54, 1.807) is 4.90 Å². The molecule has 1 heterocycles. The average Bonchev–Trinajstić information content (AvgIpc) is 2.55. The molecule has 24 heavy (non-hydrogen) atoms. The van der Waals surface area contributed by atoms with Crippen molar-refractivity contribution in [2.45, 2.75) is 6.92 Å². The zero-order chi connectivity index (χ0) is 17.5. The van der Waals surface area contributed by atoms with E-state index in [0.29, 0.717) is 31.9 Å². The van der Waals surface area contributed by atoms with Crippen LogP contribution >= 0.6 is 0 Å². The first kappa shape index (κ1) is 17.9. The predicted molar refractivity (Wildman–Crippen MR) is 84.7 cm³/mol. The van der Waals surface area contributed by atoms with E-state index in [0.717, 1.165) is 0 Å². The topological polar surface area (TPSA) is 79.0 Å². The van der Waals surface area contributed by atoms with Gasteiger partial charge in [0.25, 0.3) is 5.91 Å². The number of nitrogens with one attached hydrogen (secondary N) is 1. The van der Waals surface area contributed by atoms with Gasteiger partial charge in [0.2, 0.25) is 5.91 Å². The molecule has 0 radical (unpaired) electrons. The van der Waals surface area contributed by atoms with Crippen molar-refractivity contribution in [2.24, 2.45) is 0 Å². The van der Waals surface area contributed by atoms with Crippen LogP contribution in [-0.4, -0.2) is 66.9 Å². The SMILES string of the molecule is CC(=O)OCC(=O)N1CCN(CC(=O)Nc2ccc(F)cc2)CC1. The number of halogens is 1. The van der Waals surface area contributed by atoms with Gasteiger partial charge in [-0.15, -0.1) is 0 Å². The number of nitrogens with zero attached hydrogens (tertiary/aromatic N) is 2. The van der Waals surface area contributed by atoms with E-state index in [4.69, 9.17) is 0 Å². The summed E-state index contributed by atoms with van der Waals surface area (Å²) >= 11 is 0. The summed E-state index contributed by atoms with van der Waals surface area (Å²) in [5, 5.41) is 2.70. The van der Waals surface area contributed by atoms with E-state index in [-0.39, 0.29) is 30.8 Å². The van der Waals surface area contributed by atoms with E-state index in [2.05, 4.69) is 10.1 Å². The lowest BCUT2D eigenvalue weighted by Crippen LogP contribution is -2.51. The summed E-state index contributed by atoms with van der Waals surface area (Å²) in [7, 11) is 0. The van der Waals surface area contributed by atoms with Gasteiger partial charge >= 0.3 is 5.97 Å². The Kier molecular flexibility index (Phi) is 6.25. The number of anilines is 1. The van der Waals surface area contributed by atoms with Crippen molar-refractivity contribution in [3.8, 4) is 0 Å². The summed E-state index contributed by atoms with van der Waals surface area (Å²) in [4.78, 5) is 38.0. The Morgan fingerprint density at radius 3 is 2.33 bits per heavy atom. The first-order valence-electron chi connectivity index (χ1n) is 7.63. The minimum atomic E-state index is -0.487. The Morgan fingerprint density at radius 1 is 1.12 bits per heavy atom. The fraction of sp³-hybridized carbons (Fsp3) is 0.438. The summed E-state index contributed by atoms with van der Waals surface area (Å²) in [6.45, 7) is 3.27. The molecule has 1 aromatic carbocycles. The van der Waals surface area contributed by atoms with Crippen molar-refractivity contribution in [3.05, 3.63) is 30.1 Å². The molecule has 0 bridgehead atoms. The molecule has 0 atom stereocenters. The van der Waals surface area contributed by atoms with Crippen molar-refractivity contribution in [3.63, 3.8) is 0 Å². The Balaban J connectivity index is 1.72. The first-order chi connectivity index (χ1) is 11.4. The predicted octanol–water partition coefficient (Wildman–Crippen LogP) is 0.472. The van der Waals surface area contributed by atoms with E-state index in [1.165, 1.54) is 31.2 Å². The number of carbonyl (C=O) groups is 3. The third-order valence-electron chi connectivity index (χ3n) is 3.62. The highest BCUT2D eigenvalue weighted by Gasteiger charge is 2.22. The molecule has 0 spiro atoms. The second-order valence-corrected chi connectivity index (χ2v) is 5.49. The molecule has 8 heteroatoms. The molecule has 1 aliphatic rings. The molecular formula is C16H20FN3O4. The highest BCUT2D eigenvalue weighted by molar-refractivity contribution is 5.92. The molecule has 1 N–H and O–H groups in total. The maximum Gasteiger partial charge on any atom is 0.303 e. The van der Waals surface area contributed by atoms with E-state index in [1.807, 2.05) is 4.90 Å². The van der Waals surface area contributed by atoms with Crippen molar-refractivity contribution in [1.82, 2.24) is 9.80 Å². The Morgan fingerprint density at radius 2 is 1.75 bits per heavy atom. The van der Waals surface area contributed by atoms with Crippen LogP contribution in [-0.2, 0) is 19.1 Å². The van der Waals surface area contributed by atoms with Crippen molar-refractivity contribution in [2.75, 3.05) is 44.6 Å². The van der Waals surface area contributed by atoms with Gasteiger partial charge in [0.1, 0.15) is 5.82 Å². The van der Waals surface area contributed by atoms with Crippen molar-refractivity contribution in [1.29, 1.82) is 0 Å². The molecule has 2 amide bonds. The van der Waals surface area contributed by atoms with Gasteiger partial charge in [-0.25, -0.2) is 4.39 Å². The lowest BCUT2D eigenvalue weighted by molar-refractivity contribution is -0.151. The fourth-order valence-corrected chi connectivity index (χ4v) is 2.35. The fourth-order valence-electron chi connectivity index (χ4n) is 2.35. The maximum absolute atomic E-state index is 12.8. The van der Waals surface area contributed by atoms with Gasteiger partial charge in [0.15, 0.2) is 6.61 Å². The molecule has 1 aromatic rings. The molecule has 0 saturated carbocycles. The van der Waals surface area contributed by atoms with Crippen LogP contribution in [0.1, 0.15) is 6.92 Å². The van der Waals surface area contributed by atoms with Gasteiger partial charge in [-0.2, -0.15) is 0 Å². The number of hydrogen-bond acceptors (Lipinski definition) is 5. The quantitative estimate of drug-likeness (QED) is 0.790. The van der Waals surface area contributed by atoms with Gasteiger partial charge in [-0.1, -0.05) is 0 Å². The summed E-state index contributed by atoms with van der Waals surface area (Å²) in [6.07, 6.45) is 0. The molecule has 0 aliphatic carbocycles. The van der Waals surface area contributed by atoms with Crippen LogP contribution in [0.2, 0.25) is 0 Å². The number of ether oxygens (including phenoxy) is 1. The number of amides is 2. The zero-order valence-corrected chi connectivity index (χ0v) is 13.5. The molecule has 1 aliphatic heterocycles. The number of benzene rings is 1. The second kappa shape index (κ2) is 8.39. The third kappa shape index (κ3) is 5.62. The minimum absolute atomic E-state index is 0.193. The second-order valence-electron chi connectivity index (χ2n) is 5.49. The normalized spacial score (nSPS) is 15.0. The zero-order valence-electron chi connectivity index (χ0n) is 13.5. The minimum Gasteiger partial charge on any atom is -0.456 e. The average molecular weight is 337 g/mol. The van der Waals surface area contributed by atoms with Crippen LogP contribution in [0, 0.1) is 5.82 Å². The van der Waals surface area contributed by atoms with Crippen LogP contribution < -0.4 is 5.32 Å². The van der Waals surface area contributed by atoms with Crippen molar-refractivity contribution < 1.29 is 23.5 Å². The first-order valence-corrected chi connectivity index (χ1v) is 7.63. The third-order valence-corrected chi connectivity index (χ3v) is 3.62. The van der Waals surface area contributed by atoms with Gasteiger partial charge in [0, 0.05) is 38.8 Å². The van der Waals surface area contributed by atoms with Gasteiger partial charge < -0.3 is 15.0 Å². The highest BCUT2D eigenvalue weighted by Crippen LogP contribution is 2.09. The summed E-state index contributed by atoms with van der Waals surface area (Å²) < 4.78 is 17.5. The van der Waals surface area contributed by atoms with E-state index >= 15 is 0 Å². The van der Waals surface area contributed by atoms with Crippen molar-refractivity contribution >= 4 is 23.5 Å². The Labute approximate surface area is 139 Å². The largest absolute Gasteiger partial charge is 0.456 e. The molecule has 2 rings (SSSR count). The number of piperazine rings is 1. The number of carbonyl (C=O) groups excluding carboxylic acids is 3.